The van der Waals surface area contributed by atoms with E-state index in [1.54, 1.807) is 0 Å². The van der Waals surface area contributed by atoms with Crippen LogP contribution in [0.2, 0.25) is 0 Å². The zero-order chi connectivity index (χ0) is 25.2. The minimum Gasteiger partial charge on any atom is -0.390 e. The van der Waals surface area contributed by atoms with Crippen molar-refractivity contribution >= 4 is 24.8 Å². The van der Waals surface area contributed by atoms with Gasteiger partial charge in [0.2, 0.25) is 0 Å². The Morgan fingerprint density at radius 2 is 1.26 bits per heavy atom. The normalized spacial score (nSPS) is 15.1. The lowest BCUT2D eigenvalue weighted by atomic mass is 9.87. The highest BCUT2D eigenvalue weighted by molar-refractivity contribution is 5.85. The van der Waals surface area contributed by atoms with Crippen LogP contribution in [0.3, 0.4) is 0 Å². The van der Waals surface area contributed by atoms with Gasteiger partial charge in [-0.2, -0.15) is 0 Å². The molecule has 0 radical (unpaired) electrons. The summed E-state index contributed by atoms with van der Waals surface area (Å²) in [5, 5.41) is 13.8. The fourth-order valence-corrected chi connectivity index (χ4v) is 4.97. The Kier molecular flexibility index (Phi) is 14.2. The molecule has 208 valence electrons. The fraction of sp³-hybridized carbons (Fsp3) is 0.400. The number of piperazine rings is 1. The molecule has 1 unspecified atom stereocenters. The third kappa shape index (κ3) is 10.3. The summed E-state index contributed by atoms with van der Waals surface area (Å²) < 4.78 is 26.9. The topological polar surface area (TPSA) is 38.7 Å². The van der Waals surface area contributed by atoms with Crippen molar-refractivity contribution in [2.45, 2.75) is 31.4 Å². The molecule has 3 aromatic carbocycles. The zero-order valence-corrected chi connectivity index (χ0v) is 23.3. The van der Waals surface area contributed by atoms with Crippen molar-refractivity contribution in [1.82, 2.24) is 15.1 Å². The lowest BCUT2D eigenvalue weighted by Crippen LogP contribution is -2.49. The van der Waals surface area contributed by atoms with E-state index in [1.165, 1.54) is 29.8 Å². The Morgan fingerprint density at radius 1 is 0.737 bits per heavy atom. The number of halogens is 4. The summed E-state index contributed by atoms with van der Waals surface area (Å²) in [6.07, 6.45) is 1.54. The molecular weight excluding hydrogens is 527 g/mol. The van der Waals surface area contributed by atoms with E-state index >= 15 is 0 Å². The maximum absolute atomic E-state index is 13.5. The third-order valence-electron chi connectivity index (χ3n) is 7.00. The van der Waals surface area contributed by atoms with Crippen molar-refractivity contribution < 1.29 is 13.9 Å². The van der Waals surface area contributed by atoms with Crippen molar-refractivity contribution in [3.63, 3.8) is 0 Å². The number of aliphatic hydroxyl groups is 1. The van der Waals surface area contributed by atoms with Crippen molar-refractivity contribution in [2.75, 3.05) is 45.8 Å². The summed E-state index contributed by atoms with van der Waals surface area (Å²) in [5.41, 5.74) is 3.34. The first kappa shape index (κ1) is 32.2. The number of hydrogen-bond acceptors (Lipinski definition) is 4. The van der Waals surface area contributed by atoms with Gasteiger partial charge < -0.3 is 15.3 Å². The predicted octanol–water partition coefficient (Wildman–Crippen LogP) is 5.49. The van der Waals surface area contributed by atoms with E-state index in [9.17, 15) is 13.9 Å². The van der Waals surface area contributed by atoms with Crippen LogP contribution in [0.1, 0.15) is 35.4 Å². The third-order valence-corrected chi connectivity index (χ3v) is 7.00. The molecule has 1 atom stereocenters. The van der Waals surface area contributed by atoms with Gasteiger partial charge in [0.1, 0.15) is 11.6 Å². The van der Waals surface area contributed by atoms with Gasteiger partial charge in [0.15, 0.2) is 0 Å². The van der Waals surface area contributed by atoms with Crippen molar-refractivity contribution in [2.24, 2.45) is 0 Å². The molecule has 0 saturated carbocycles. The van der Waals surface area contributed by atoms with E-state index in [-0.39, 0.29) is 48.5 Å². The first-order chi connectivity index (χ1) is 17.6. The molecule has 0 bridgehead atoms. The lowest BCUT2D eigenvalue weighted by molar-refractivity contribution is 0.0717. The van der Waals surface area contributed by atoms with E-state index in [1.807, 2.05) is 42.5 Å². The highest BCUT2D eigenvalue weighted by Gasteiger charge is 2.20. The van der Waals surface area contributed by atoms with Crippen LogP contribution in [0.5, 0.6) is 0 Å². The van der Waals surface area contributed by atoms with Crippen LogP contribution in [-0.4, -0.2) is 66.8 Å². The SMILES string of the molecule is Cl.Cl.OC(CNCc1ccccc1)CN1CCN(CCCC(c2ccc(F)cc2)c2ccc(F)cc2)CC1. The number of hydrogen-bond donors (Lipinski definition) is 2. The smallest absolute Gasteiger partial charge is 0.123 e. The minimum atomic E-state index is -0.382. The summed E-state index contributed by atoms with van der Waals surface area (Å²) in [4.78, 5) is 4.81. The van der Waals surface area contributed by atoms with Gasteiger partial charge in [-0.05, 0) is 60.3 Å². The second-order valence-corrected chi connectivity index (χ2v) is 9.71. The first-order valence-corrected chi connectivity index (χ1v) is 12.9. The molecule has 2 N–H and O–H groups in total. The van der Waals surface area contributed by atoms with Gasteiger partial charge in [-0.3, -0.25) is 4.90 Å². The molecule has 38 heavy (non-hydrogen) atoms. The molecular formula is C30H39Cl2F2N3O. The van der Waals surface area contributed by atoms with Gasteiger partial charge in [-0.25, -0.2) is 8.78 Å². The van der Waals surface area contributed by atoms with Gasteiger partial charge in [-0.1, -0.05) is 54.6 Å². The van der Waals surface area contributed by atoms with E-state index < -0.39 is 0 Å². The van der Waals surface area contributed by atoms with Crippen LogP contribution in [-0.2, 0) is 6.54 Å². The predicted molar refractivity (Wildman–Crippen MR) is 155 cm³/mol. The fourth-order valence-electron chi connectivity index (χ4n) is 4.97. The monoisotopic (exact) mass is 565 g/mol. The Morgan fingerprint density at radius 3 is 1.82 bits per heavy atom. The molecule has 1 heterocycles. The number of aliphatic hydroxyl groups excluding tert-OH is 1. The molecule has 1 saturated heterocycles. The molecule has 0 aromatic heterocycles. The van der Waals surface area contributed by atoms with Crippen LogP contribution in [0.25, 0.3) is 0 Å². The maximum Gasteiger partial charge on any atom is 0.123 e. The van der Waals surface area contributed by atoms with Crippen molar-refractivity contribution in [1.29, 1.82) is 0 Å². The summed E-state index contributed by atoms with van der Waals surface area (Å²) in [7, 11) is 0. The Hall–Kier alpha value is -2.06. The first-order valence-electron chi connectivity index (χ1n) is 12.9. The maximum atomic E-state index is 13.5. The van der Waals surface area contributed by atoms with Gasteiger partial charge in [0.05, 0.1) is 6.10 Å². The second-order valence-electron chi connectivity index (χ2n) is 9.71. The summed E-state index contributed by atoms with van der Waals surface area (Å²) in [5.74, 6) is -0.371. The number of rotatable bonds is 12. The molecule has 0 aliphatic carbocycles. The van der Waals surface area contributed by atoms with Gasteiger partial charge in [0, 0.05) is 51.7 Å². The Labute approximate surface area is 237 Å². The standard InChI is InChI=1S/C30H37F2N3O.2ClH/c31-27-12-8-25(9-13-27)30(26-10-14-28(32)15-11-26)7-4-16-34-17-19-35(20-18-34)23-29(36)22-33-21-24-5-2-1-3-6-24;;/h1-3,5-6,8-15,29-30,33,36H,4,7,16-23H2;2*1H. The Balaban J connectivity index is 0.00000253. The summed E-state index contributed by atoms with van der Waals surface area (Å²) >= 11 is 0. The summed E-state index contributed by atoms with van der Waals surface area (Å²) in [6.45, 7) is 6.92. The molecule has 4 nitrogen and oxygen atoms in total. The lowest BCUT2D eigenvalue weighted by Gasteiger charge is -2.36. The van der Waals surface area contributed by atoms with Gasteiger partial charge in [-0.15, -0.1) is 24.8 Å². The summed E-state index contributed by atoms with van der Waals surface area (Å²) in [6, 6.07) is 23.6. The average molecular weight is 567 g/mol. The quantitative estimate of drug-likeness (QED) is 0.304. The van der Waals surface area contributed by atoms with Crippen LogP contribution >= 0.6 is 24.8 Å². The van der Waals surface area contributed by atoms with Gasteiger partial charge >= 0.3 is 0 Å². The van der Waals surface area contributed by atoms with Crippen LogP contribution < -0.4 is 5.32 Å². The molecule has 0 amide bonds. The van der Waals surface area contributed by atoms with Crippen LogP contribution in [0.15, 0.2) is 78.9 Å². The van der Waals surface area contributed by atoms with E-state index in [4.69, 9.17) is 0 Å². The molecule has 1 aliphatic heterocycles. The van der Waals surface area contributed by atoms with Crippen LogP contribution in [0.4, 0.5) is 8.78 Å². The number of nitrogens with one attached hydrogen (secondary N) is 1. The number of benzene rings is 3. The molecule has 8 heteroatoms. The second kappa shape index (κ2) is 16.8. The zero-order valence-electron chi connectivity index (χ0n) is 21.6. The van der Waals surface area contributed by atoms with E-state index in [0.29, 0.717) is 13.1 Å². The molecule has 1 aliphatic rings. The highest BCUT2D eigenvalue weighted by atomic mass is 35.5. The van der Waals surface area contributed by atoms with Crippen molar-refractivity contribution in [3.05, 3.63) is 107 Å². The van der Waals surface area contributed by atoms with E-state index in [2.05, 4.69) is 27.2 Å². The molecule has 3 aromatic rings. The molecule has 0 spiro atoms. The minimum absolute atomic E-state index is 0. The number of nitrogens with zero attached hydrogens (tertiary/aromatic N) is 2. The van der Waals surface area contributed by atoms with E-state index in [0.717, 1.165) is 63.2 Å². The van der Waals surface area contributed by atoms with Gasteiger partial charge in [0.25, 0.3) is 0 Å². The van der Waals surface area contributed by atoms with Crippen LogP contribution in [0, 0.1) is 11.6 Å². The highest BCUT2D eigenvalue weighted by Crippen LogP contribution is 2.30. The molecule has 4 rings (SSSR count). The number of β-amino-alcohol motifs (C(OH)–C–C–N with tert-alkyl or cyclic N) is 1. The largest absolute Gasteiger partial charge is 0.390 e. The Bertz CT molecular complexity index is 988. The average Bonchev–Trinajstić information content (AvgIpc) is 2.90. The molecule has 1 fully saturated rings. The van der Waals surface area contributed by atoms with Crippen molar-refractivity contribution in [3.8, 4) is 0 Å².